The monoisotopic (exact) mass is 346 g/mol. The number of hydrogen-bond donors (Lipinski definition) is 2. The van der Waals surface area contributed by atoms with Gasteiger partial charge in [-0.15, -0.1) is 11.3 Å². The van der Waals surface area contributed by atoms with Crippen molar-refractivity contribution in [2.24, 2.45) is 0 Å². The normalized spacial score (nSPS) is 11.4. The number of anilines is 2. The molecule has 0 atom stereocenters. The largest absolute Gasteiger partial charge is 0.397 e. The number of amides is 1. The highest BCUT2D eigenvalue weighted by Gasteiger charge is 2.23. The Labute approximate surface area is 143 Å². The molecule has 3 aromatic heterocycles. The van der Waals surface area contributed by atoms with Gasteiger partial charge in [0.1, 0.15) is 9.71 Å². The van der Waals surface area contributed by atoms with Gasteiger partial charge in [-0.25, -0.2) is 4.98 Å². The smallest absolute Gasteiger partial charge is 0.302 e. The van der Waals surface area contributed by atoms with Gasteiger partial charge in [-0.1, -0.05) is 0 Å². The zero-order valence-electron chi connectivity index (χ0n) is 14.3. The molecule has 3 N–H and O–H groups in total. The molecule has 24 heavy (non-hydrogen) atoms. The van der Waals surface area contributed by atoms with Gasteiger partial charge in [-0.2, -0.15) is 0 Å². The number of aromatic nitrogens is 3. The summed E-state index contributed by atoms with van der Waals surface area (Å²) in [6, 6.07) is 0.145. The van der Waals surface area contributed by atoms with Gasteiger partial charge in [0.05, 0.1) is 5.69 Å². The Morgan fingerprint density at radius 1 is 1.33 bits per heavy atom. The van der Waals surface area contributed by atoms with Gasteiger partial charge in [-0.3, -0.25) is 14.6 Å². The van der Waals surface area contributed by atoms with Crippen LogP contribution >= 0.6 is 11.3 Å². The molecular formula is C16H20N5O2S+. The van der Waals surface area contributed by atoms with Gasteiger partial charge in [-0.05, 0) is 50.4 Å². The van der Waals surface area contributed by atoms with E-state index in [-0.39, 0.29) is 17.8 Å². The first-order chi connectivity index (χ1) is 11.3. The van der Waals surface area contributed by atoms with Crippen molar-refractivity contribution in [2.45, 2.75) is 40.7 Å². The van der Waals surface area contributed by atoms with Gasteiger partial charge in [0.2, 0.25) is 5.27 Å². The van der Waals surface area contributed by atoms with Gasteiger partial charge >= 0.3 is 5.88 Å². The Morgan fingerprint density at radius 2 is 2.04 bits per heavy atom. The molecule has 0 bridgehead atoms. The van der Waals surface area contributed by atoms with Crippen LogP contribution in [0.3, 0.4) is 0 Å². The van der Waals surface area contributed by atoms with Crippen molar-refractivity contribution < 1.29 is 14.0 Å². The van der Waals surface area contributed by atoms with Crippen molar-refractivity contribution in [2.75, 3.05) is 11.1 Å². The second-order valence-corrected chi connectivity index (χ2v) is 7.07. The van der Waals surface area contributed by atoms with Gasteiger partial charge < -0.3 is 5.73 Å². The van der Waals surface area contributed by atoms with Crippen molar-refractivity contribution in [1.29, 1.82) is 0 Å². The summed E-state index contributed by atoms with van der Waals surface area (Å²) >= 11 is 1.28. The van der Waals surface area contributed by atoms with E-state index >= 15 is 0 Å². The van der Waals surface area contributed by atoms with Crippen LogP contribution in [0.2, 0.25) is 0 Å². The molecule has 1 amide bonds. The summed E-state index contributed by atoms with van der Waals surface area (Å²) in [6.45, 7) is 9.90. The van der Waals surface area contributed by atoms with Crippen molar-refractivity contribution >= 4 is 39.0 Å². The van der Waals surface area contributed by atoms with Gasteiger partial charge in [0.15, 0.2) is 6.04 Å². The number of rotatable bonds is 3. The average molecular weight is 346 g/mol. The third kappa shape index (κ3) is 2.62. The van der Waals surface area contributed by atoms with Crippen molar-refractivity contribution in [1.82, 2.24) is 10.3 Å². The Bertz CT molecular complexity index is 942. The molecular weight excluding hydrogens is 326 g/mol. The third-order valence-corrected chi connectivity index (χ3v) is 5.23. The van der Waals surface area contributed by atoms with Crippen molar-refractivity contribution in [3.63, 3.8) is 0 Å². The zero-order valence-corrected chi connectivity index (χ0v) is 15.1. The molecule has 0 aliphatic rings. The molecule has 0 radical (unpaired) electrons. The molecule has 0 aliphatic carbocycles. The lowest BCUT2D eigenvalue weighted by Gasteiger charge is -2.05. The SMILES string of the molecule is Cc1nc2sc(C(=O)Nc3c[n+](C(C)C)no3)c(N)c2c(C)c1C. The number of thiophene rings is 1. The van der Waals surface area contributed by atoms with E-state index in [9.17, 15) is 4.79 Å². The first-order valence-electron chi connectivity index (χ1n) is 7.64. The topological polar surface area (TPSA) is 97.9 Å². The summed E-state index contributed by atoms with van der Waals surface area (Å²) in [5.41, 5.74) is 9.77. The number of nitrogens with one attached hydrogen (secondary N) is 1. The highest BCUT2D eigenvalue weighted by atomic mass is 32.1. The van der Waals surface area contributed by atoms with Gasteiger partial charge in [0.25, 0.3) is 12.1 Å². The molecule has 0 aromatic carbocycles. The summed E-state index contributed by atoms with van der Waals surface area (Å²) < 4.78 is 6.75. The van der Waals surface area contributed by atoms with Crippen LogP contribution in [0.25, 0.3) is 10.2 Å². The van der Waals surface area contributed by atoms with Crippen LogP contribution in [0.5, 0.6) is 0 Å². The minimum atomic E-state index is -0.322. The van der Waals surface area contributed by atoms with Crippen LogP contribution in [-0.4, -0.2) is 16.2 Å². The first-order valence-corrected chi connectivity index (χ1v) is 8.46. The standard InChI is InChI=1S/C16H19N5O2S/c1-7(2)21-6-11(23-20-21)19-15(22)14-13(17)12-9(4)8(3)10(5)18-16(12)24-14/h6-7H,1-5H3,(H2-,17,19,20,22)/p+1. The summed E-state index contributed by atoms with van der Waals surface area (Å²) in [5.74, 6) is -0.0418. The lowest BCUT2D eigenvalue weighted by Crippen LogP contribution is -2.36. The predicted octanol–water partition coefficient (Wildman–Crippen LogP) is 2.91. The number of pyridine rings is 1. The molecule has 0 fully saturated rings. The molecule has 0 unspecified atom stereocenters. The second-order valence-electron chi connectivity index (χ2n) is 6.07. The molecule has 3 rings (SSSR count). The maximum atomic E-state index is 12.6. The fourth-order valence-corrected chi connectivity index (χ4v) is 3.56. The minimum absolute atomic E-state index is 0.145. The minimum Gasteiger partial charge on any atom is -0.397 e. The number of nitrogens with zero attached hydrogens (tertiary/aromatic N) is 3. The van der Waals surface area contributed by atoms with Crippen LogP contribution in [0, 0.1) is 20.8 Å². The lowest BCUT2D eigenvalue weighted by molar-refractivity contribution is -0.779. The molecule has 0 saturated heterocycles. The number of fused-ring (bicyclic) bond motifs is 1. The fraction of sp³-hybridized carbons (Fsp3) is 0.375. The summed E-state index contributed by atoms with van der Waals surface area (Å²) in [4.78, 5) is 18.3. The Kier molecular flexibility index (Phi) is 4.00. The van der Waals surface area contributed by atoms with Crippen LogP contribution in [0.15, 0.2) is 10.7 Å². The first kappa shape index (κ1) is 16.4. The molecule has 3 heterocycles. The van der Waals surface area contributed by atoms with Gasteiger partial charge in [0, 0.05) is 11.1 Å². The second kappa shape index (κ2) is 5.86. The molecule has 8 heteroatoms. The predicted molar refractivity (Wildman–Crippen MR) is 93.3 cm³/mol. The average Bonchev–Trinajstić information content (AvgIpc) is 3.10. The zero-order chi connectivity index (χ0) is 17.6. The number of carbonyl (C=O) groups is 1. The Balaban J connectivity index is 1.98. The summed E-state index contributed by atoms with van der Waals surface area (Å²) in [5, 5.41) is 7.40. The van der Waals surface area contributed by atoms with Crippen molar-refractivity contribution in [3.05, 3.63) is 27.9 Å². The Morgan fingerprint density at radius 3 is 2.67 bits per heavy atom. The fourth-order valence-electron chi connectivity index (χ4n) is 2.46. The maximum absolute atomic E-state index is 12.6. The highest BCUT2D eigenvalue weighted by Crippen LogP contribution is 2.36. The van der Waals surface area contributed by atoms with E-state index in [0.29, 0.717) is 10.6 Å². The van der Waals surface area contributed by atoms with E-state index in [1.54, 1.807) is 10.9 Å². The third-order valence-electron chi connectivity index (χ3n) is 4.13. The van der Waals surface area contributed by atoms with E-state index in [2.05, 4.69) is 15.6 Å². The molecule has 0 aliphatic heterocycles. The maximum Gasteiger partial charge on any atom is 0.302 e. The number of nitrogen functional groups attached to an aromatic ring is 1. The van der Waals surface area contributed by atoms with Crippen LogP contribution < -0.4 is 15.7 Å². The van der Waals surface area contributed by atoms with E-state index in [4.69, 9.17) is 10.3 Å². The van der Waals surface area contributed by atoms with Crippen LogP contribution in [0.1, 0.15) is 46.4 Å². The quantitative estimate of drug-likeness (QED) is 0.711. The highest BCUT2D eigenvalue weighted by molar-refractivity contribution is 7.21. The van der Waals surface area contributed by atoms with E-state index in [0.717, 1.165) is 27.0 Å². The molecule has 7 nitrogen and oxygen atoms in total. The molecule has 126 valence electrons. The molecule has 0 spiro atoms. The van der Waals surface area contributed by atoms with Crippen LogP contribution in [0.4, 0.5) is 11.6 Å². The number of aryl methyl sites for hydroxylation is 2. The molecule has 3 aromatic rings. The van der Waals surface area contributed by atoms with E-state index < -0.39 is 0 Å². The number of nitrogens with two attached hydrogens (primary N) is 1. The lowest BCUT2D eigenvalue weighted by atomic mass is 10.1. The molecule has 0 saturated carbocycles. The van der Waals surface area contributed by atoms with Crippen molar-refractivity contribution in [3.8, 4) is 0 Å². The van der Waals surface area contributed by atoms with E-state index in [1.807, 2.05) is 34.6 Å². The summed E-state index contributed by atoms with van der Waals surface area (Å²) in [6.07, 6.45) is 1.64. The van der Waals surface area contributed by atoms with E-state index in [1.165, 1.54) is 11.3 Å². The summed E-state index contributed by atoms with van der Waals surface area (Å²) in [7, 11) is 0. The number of hydrogen-bond acceptors (Lipinski definition) is 6. The van der Waals surface area contributed by atoms with Crippen LogP contribution in [-0.2, 0) is 0 Å². The Hall–Kier alpha value is -2.48. The number of carbonyl (C=O) groups excluding carboxylic acids is 1.